The van der Waals surface area contributed by atoms with Gasteiger partial charge in [-0.3, -0.25) is 19.9 Å². The normalized spacial score (nSPS) is 12.0. The monoisotopic (exact) mass is 278 g/mol. The fraction of sp³-hybridized carbons (Fsp3) is 0.429. The molecule has 6 nitrogen and oxygen atoms in total. The predicted molar refractivity (Wildman–Crippen MR) is 77.4 cm³/mol. The van der Waals surface area contributed by atoms with E-state index in [1.807, 2.05) is 37.3 Å². The first-order chi connectivity index (χ1) is 9.60. The molecule has 0 bridgehead atoms. The molecule has 0 aliphatic heterocycles. The number of nitrogens with one attached hydrogen (secondary N) is 2. The lowest BCUT2D eigenvalue weighted by Crippen LogP contribution is -2.45. The highest BCUT2D eigenvalue weighted by atomic mass is 16.2. The molecule has 0 heterocycles. The van der Waals surface area contributed by atoms with Gasteiger partial charge >= 0.3 is 0 Å². The smallest absolute Gasteiger partial charge is 0.255 e. The minimum atomic E-state index is -0.589. The molecule has 1 rings (SSSR count). The lowest BCUT2D eigenvalue weighted by Gasteiger charge is -2.26. The maximum absolute atomic E-state index is 11.9. The summed E-state index contributed by atoms with van der Waals surface area (Å²) < 4.78 is 0. The third kappa shape index (κ3) is 4.64. The quantitative estimate of drug-likeness (QED) is 0.377. The highest BCUT2D eigenvalue weighted by molar-refractivity contribution is 5.84. The molecular formula is C14H22N4O2. The summed E-state index contributed by atoms with van der Waals surface area (Å²) in [6.45, 7) is 2.75. The molecule has 1 aromatic rings. The minimum absolute atomic E-state index is 0.111. The fourth-order valence-corrected chi connectivity index (χ4v) is 1.96. The molecule has 0 saturated carbocycles. The molecule has 20 heavy (non-hydrogen) atoms. The molecule has 110 valence electrons. The number of likely N-dealkylation sites (N-methyl/N-ethyl adjacent to an activating group) is 1. The first kappa shape index (κ1) is 16.1. The van der Waals surface area contributed by atoms with Gasteiger partial charge in [0, 0.05) is 6.54 Å². The number of nitrogens with two attached hydrogens (primary N) is 1. The van der Waals surface area contributed by atoms with Gasteiger partial charge in [-0.1, -0.05) is 37.3 Å². The molecular weight excluding hydrogens is 256 g/mol. The highest BCUT2D eigenvalue weighted by Gasteiger charge is 2.25. The zero-order valence-electron chi connectivity index (χ0n) is 11.9. The second-order valence-electron chi connectivity index (χ2n) is 4.59. The van der Waals surface area contributed by atoms with E-state index in [1.165, 1.54) is 0 Å². The number of hydrazine groups is 1. The van der Waals surface area contributed by atoms with Crippen molar-refractivity contribution in [2.75, 3.05) is 20.1 Å². The third-order valence-electron chi connectivity index (χ3n) is 2.91. The van der Waals surface area contributed by atoms with Gasteiger partial charge in [0.2, 0.25) is 5.91 Å². The molecule has 0 spiro atoms. The molecule has 0 saturated heterocycles. The Morgan fingerprint density at radius 1 is 1.30 bits per heavy atom. The molecule has 0 fully saturated rings. The van der Waals surface area contributed by atoms with E-state index in [9.17, 15) is 9.59 Å². The van der Waals surface area contributed by atoms with E-state index in [0.29, 0.717) is 6.54 Å². The molecule has 0 radical (unpaired) electrons. The van der Waals surface area contributed by atoms with Crippen molar-refractivity contribution in [2.45, 2.75) is 19.4 Å². The van der Waals surface area contributed by atoms with Gasteiger partial charge in [-0.05, 0) is 19.0 Å². The zero-order chi connectivity index (χ0) is 15.0. The summed E-state index contributed by atoms with van der Waals surface area (Å²) in [5, 5.41) is 2.78. The van der Waals surface area contributed by atoms with E-state index >= 15 is 0 Å². The van der Waals surface area contributed by atoms with Gasteiger partial charge < -0.3 is 5.32 Å². The van der Waals surface area contributed by atoms with Crippen LogP contribution in [-0.2, 0) is 9.59 Å². The minimum Gasteiger partial charge on any atom is -0.355 e. The van der Waals surface area contributed by atoms with Gasteiger partial charge in [0.1, 0.15) is 6.04 Å². The number of rotatable bonds is 7. The predicted octanol–water partition coefficient (Wildman–Crippen LogP) is 0.176. The summed E-state index contributed by atoms with van der Waals surface area (Å²) in [6, 6.07) is 8.64. The molecule has 1 unspecified atom stereocenters. The maximum Gasteiger partial charge on any atom is 0.255 e. The summed E-state index contributed by atoms with van der Waals surface area (Å²) in [5.41, 5.74) is 2.94. The zero-order valence-corrected chi connectivity index (χ0v) is 11.9. The Morgan fingerprint density at radius 3 is 2.50 bits per heavy atom. The molecule has 0 aromatic heterocycles. The van der Waals surface area contributed by atoms with Gasteiger partial charge in [0.05, 0.1) is 6.54 Å². The molecule has 0 aliphatic carbocycles. The van der Waals surface area contributed by atoms with Crippen molar-refractivity contribution in [3.05, 3.63) is 35.9 Å². The molecule has 6 heteroatoms. The second-order valence-corrected chi connectivity index (χ2v) is 4.59. The Labute approximate surface area is 119 Å². The van der Waals surface area contributed by atoms with Gasteiger partial charge in [0.15, 0.2) is 0 Å². The number of nitrogens with zero attached hydrogens (tertiary/aromatic N) is 1. The lowest BCUT2D eigenvalue weighted by molar-refractivity contribution is -0.128. The summed E-state index contributed by atoms with van der Waals surface area (Å²) >= 11 is 0. The topological polar surface area (TPSA) is 87.5 Å². The number of benzene rings is 1. The van der Waals surface area contributed by atoms with Crippen LogP contribution in [0.15, 0.2) is 30.3 Å². The fourth-order valence-electron chi connectivity index (χ4n) is 1.96. The molecule has 1 atom stereocenters. The van der Waals surface area contributed by atoms with Crippen molar-refractivity contribution in [3.63, 3.8) is 0 Å². The lowest BCUT2D eigenvalue weighted by atomic mass is 10.1. The summed E-state index contributed by atoms with van der Waals surface area (Å²) in [5.74, 6) is 4.78. The SMILES string of the molecule is CCCNC(=O)CN(C)C(C(=O)NN)c1ccccc1. The number of hydrogen-bond donors (Lipinski definition) is 3. The van der Waals surface area contributed by atoms with Crippen LogP contribution in [0.5, 0.6) is 0 Å². The van der Waals surface area contributed by atoms with Gasteiger partial charge in [0.25, 0.3) is 5.91 Å². The summed E-state index contributed by atoms with van der Waals surface area (Å²) in [4.78, 5) is 25.4. The maximum atomic E-state index is 11.9. The number of hydrogen-bond acceptors (Lipinski definition) is 4. The Kier molecular flexibility index (Phi) is 6.69. The Hall–Kier alpha value is -1.92. The van der Waals surface area contributed by atoms with Crippen molar-refractivity contribution < 1.29 is 9.59 Å². The van der Waals surface area contributed by atoms with Crippen molar-refractivity contribution in [1.82, 2.24) is 15.6 Å². The van der Waals surface area contributed by atoms with Crippen LogP contribution in [0.3, 0.4) is 0 Å². The standard InChI is InChI=1S/C14H22N4O2/c1-3-9-16-12(19)10-18(2)13(14(20)17-15)11-7-5-4-6-8-11/h4-8,13H,3,9-10,15H2,1-2H3,(H,16,19)(H,17,20). The van der Waals surface area contributed by atoms with E-state index in [1.54, 1.807) is 11.9 Å². The number of carbonyl (C=O) groups is 2. The van der Waals surface area contributed by atoms with Crippen LogP contribution in [0, 0.1) is 0 Å². The van der Waals surface area contributed by atoms with Gasteiger partial charge in [-0.2, -0.15) is 0 Å². The van der Waals surface area contributed by atoms with E-state index in [-0.39, 0.29) is 18.4 Å². The van der Waals surface area contributed by atoms with Crippen molar-refractivity contribution >= 4 is 11.8 Å². The third-order valence-corrected chi connectivity index (χ3v) is 2.91. The Morgan fingerprint density at radius 2 is 1.95 bits per heavy atom. The van der Waals surface area contributed by atoms with Crippen LogP contribution in [-0.4, -0.2) is 36.9 Å². The first-order valence-electron chi connectivity index (χ1n) is 6.62. The Balaban J connectivity index is 2.78. The van der Waals surface area contributed by atoms with Crippen LogP contribution >= 0.6 is 0 Å². The number of amides is 2. The van der Waals surface area contributed by atoms with Gasteiger partial charge in [-0.25, -0.2) is 5.84 Å². The van der Waals surface area contributed by atoms with E-state index < -0.39 is 6.04 Å². The van der Waals surface area contributed by atoms with E-state index in [4.69, 9.17) is 5.84 Å². The molecule has 2 amide bonds. The summed E-state index contributed by atoms with van der Waals surface area (Å²) in [7, 11) is 1.72. The van der Waals surface area contributed by atoms with Crippen molar-refractivity contribution in [2.24, 2.45) is 5.84 Å². The van der Waals surface area contributed by atoms with Crippen molar-refractivity contribution in [1.29, 1.82) is 0 Å². The van der Waals surface area contributed by atoms with Crippen LogP contribution in [0.1, 0.15) is 24.9 Å². The molecule has 1 aromatic carbocycles. The van der Waals surface area contributed by atoms with E-state index in [0.717, 1.165) is 12.0 Å². The number of carbonyl (C=O) groups excluding carboxylic acids is 2. The van der Waals surface area contributed by atoms with Crippen LogP contribution in [0.4, 0.5) is 0 Å². The van der Waals surface area contributed by atoms with Crippen molar-refractivity contribution in [3.8, 4) is 0 Å². The summed E-state index contributed by atoms with van der Waals surface area (Å²) in [6.07, 6.45) is 0.876. The largest absolute Gasteiger partial charge is 0.355 e. The average Bonchev–Trinajstić information content (AvgIpc) is 2.46. The van der Waals surface area contributed by atoms with Crippen LogP contribution < -0.4 is 16.6 Å². The molecule has 4 N–H and O–H groups in total. The van der Waals surface area contributed by atoms with E-state index in [2.05, 4.69) is 10.7 Å². The first-order valence-corrected chi connectivity index (χ1v) is 6.62. The Bertz CT molecular complexity index is 436. The average molecular weight is 278 g/mol. The second kappa shape index (κ2) is 8.29. The highest BCUT2D eigenvalue weighted by Crippen LogP contribution is 2.18. The van der Waals surface area contributed by atoms with Crippen LogP contribution in [0.25, 0.3) is 0 Å². The molecule has 0 aliphatic rings. The van der Waals surface area contributed by atoms with Crippen LogP contribution in [0.2, 0.25) is 0 Å². The van der Waals surface area contributed by atoms with Gasteiger partial charge in [-0.15, -0.1) is 0 Å².